The first-order valence-corrected chi connectivity index (χ1v) is 5.83. The molecule has 3 N–H and O–H groups in total. The van der Waals surface area contributed by atoms with Crippen LogP contribution in [0.15, 0.2) is 30.3 Å². The number of carbonyl (C=O) groups excluding carboxylic acids is 1. The molecule has 1 amide bonds. The average Bonchev–Trinajstić information content (AvgIpc) is 2.26. The van der Waals surface area contributed by atoms with E-state index < -0.39 is 0 Å². The third-order valence-electron chi connectivity index (χ3n) is 3.40. The van der Waals surface area contributed by atoms with Crippen molar-refractivity contribution in [3.8, 4) is 0 Å². The summed E-state index contributed by atoms with van der Waals surface area (Å²) in [5.41, 5.74) is 6.26. The number of benzene rings is 1. The Morgan fingerprint density at radius 1 is 1.31 bits per heavy atom. The van der Waals surface area contributed by atoms with E-state index in [0.29, 0.717) is 13.1 Å². The predicted molar refractivity (Wildman–Crippen MR) is 64.0 cm³/mol. The topological polar surface area (TPSA) is 55.1 Å². The van der Waals surface area contributed by atoms with Crippen LogP contribution in [0.4, 0.5) is 0 Å². The van der Waals surface area contributed by atoms with Gasteiger partial charge in [-0.3, -0.25) is 4.79 Å². The highest BCUT2D eigenvalue weighted by Crippen LogP contribution is 2.43. The molecule has 1 aliphatic rings. The summed E-state index contributed by atoms with van der Waals surface area (Å²) in [4.78, 5) is 12.1. The lowest BCUT2D eigenvalue weighted by molar-refractivity contribution is -0.129. The Balaban J connectivity index is 2.17. The maximum atomic E-state index is 12.1. The fourth-order valence-corrected chi connectivity index (χ4v) is 2.29. The molecule has 1 saturated carbocycles. The Kier molecular flexibility index (Phi) is 3.25. The molecule has 0 spiro atoms. The third kappa shape index (κ3) is 1.83. The first-order chi connectivity index (χ1) is 7.79. The molecular formula is C13H18N2O. The van der Waals surface area contributed by atoms with E-state index in [2.05, 4.69) is 5.32 Å². The van der Waals surface area contributed by atoms with Gasteiger partial charge in [-0.15, -0.1) is 0 Å². The molecule has 1 fully saturated rings. The molecule has 0 bridgehead atoms. The molecule has 3 nitrogen and oxygen atoms in total. The van der Waals surface area contributed by atoms with Gasteiger partial charge in [0.05, 0.1) is 5.41 Å². The van der Waals surface area contributed by atoms with E-state index >= 15 is 0 Å². The Bertz CT molecular complexity index is 357. The van der Waals surface area contributed by atoms with Gasteiger partial charge in [-0.2, -0.15) is 0 Å². The van der Waals surface area contributed by atoms with Crippen molar-refractivity contribution in [2.75, 3.05) is 13.1 Å². The van der Waals surface area contributed by atoms with Crippen LogP contribution in [0.3, 0.4) is 0 Å². The monoisotopic (exact) mass is 218 g/mol. The standard InChI is InChI=1S/C13H18N2O/c14-9-10-15-12(16)13(7-4-8-13)11-5-2-1-3-6-11/h1-3,5-6H,4,7-10,14H2,(H,15,16). The Labute approximate surface area is 96.0 Å². The summed E-state index contributed by atoms with van der Waals surface area (Å²) in [6, 6.07) is 10.0. The minimum Gasteiger partial charge on any atom is -0.354 e. The maximum absolute atomic E-state index is 12.1. The lowest BCUT2D eigenvalue weighted by atomic mass is 9.64. The van der Waals surface area contributed by atoms with Crippen molar-refractivity contribution in [2.24, 2.45) is 5.73 Å². The van der Waals surface area contributed by atoms with Crippen LogP contribution in [0.25, 0.3) is 0 Å². The molecule has 0 atom stereocenters. The lowest BCUT2D eigenvalue weighted by Gasteiger charge is -2.40. The fraction of sp³-hybridized carbons (Fsp3) is 0.462. The van der Waals surface area contributed by atoms with Crippen molar-refractivity contribution in [1.82, 2.24) is 5.32 Å². The minimum absolute atomic E-state index is 0.135. The van der Waals surface area contributed by atoms with Gasteiger partial charge in [-0.1, -0.05) is 36.8 Å². The fourth-order valence-electron chi connectivity index (χ4n) is 2.29. The molecule has 0 heterocycles. The number of hydrogen-bond donors (Lipinski definition) is 2. The van der Waals surface area contributed by atoms with Crippen LogP contribution < -0.4 is 11.1 Å². The SMILES string of the molecule is NCCNC(=O)C1(c2ccccc2)CCC1. The van der Waals surface area contributed by atoms with Gasteiger partial charge in [0.2, 0.25) is 5.91 Å². The van der Waals surface area contributed by atoms with E-state index in [1.54, 1.807) is 0 Å². The molecule has 1 aromatic carbocycles. The summed E-state index contributed by atoms with van der Waals surface area (Å²) in [6.45, 7) is 1.06. The molecule has 0 aliphatic heterocycles. The van der Waals surface area contributed by atoms with Crippen LogP contribution >= 0.6 is 0 Å². The lowest BCUT2D eigenvalue weighted by Crippen LogP contribution is -2.50. The highest BCUT2D eigenvalue weighted by molar-refractivity contribution is 5.89. The minimum atomic E-state index is -0.281. The van der Waals surface area contributed by atoms with Crippen molar-refractivity contribution >= 4 is 5.91 Å². The molecule has 3 heteroatoms. The van der Waals surface area contributed by atoms with E-state index in [1.807, 2.05) is 30.3 Å². The zero-order valence-corrected chi connectivity index (χ0v) is 9.41. The van der Waals surface area contributed by atoms with Crippen molar-refractivity contribution in [3.05, 3.63) is 35.9 Å². The highest BCUT2D eigenvalue weighted by Gasteiger charge is 2.45. The van der Waals surface area contributed by atoms with E-state index in [1.165, 1.54) is 0 Å². The second-order valence-corrected chi connectivity index (χ2v) is 4.35. The van der Waals surface area contributed by atoms with Crippen LogP contribution in [0.1, 0.15) is 24.8 Å². The van der Waals surface area contributed by atoms with Crippen molar-refractivity contribution in [3.63, 3.8) is 0 Å². The Morgan fingerprint density at radius 2 is 2.00 bits per heavy atom. The Hall–Kier alpha value is -1.35. The van der Waals surface area contributed by atoms with Gasteiger partial charge in [0.25, 0.3) is 0 Å². The molecular weight excluding hydrogens is 200 g/mol. The predicted octanol–water partition coefficient (Wildman–Crippen LogP) is 1.18. The van der Waals surface area contributed by atoms with E-state index in [4.69, 9.17) is 5.73 Å². The van der Waals surface area contributed by atoms with Gasteiger partial charge >= 0.3 is 0 Å². The molecule has 2 rings (SSSR count). The van der Waals surface area contributed by atoms with Crippen LogP contribution in [0.5, 0.6) is 0 Å². The van der Waals surface area contributed by atoms with Crippen molar-refractivity contribution in [1.29, 1.82) is 0 Å². The quantitative estimate of drug-likeness (QED) is 0.797. The van der Waals surface area contributed by atoms with E-state index in [-0.39, 0.29) is 11.3 Å². The molecule has 0 radical (unpaired) electrons. The van der Waals surface area contributed by atoms with Gasteiger partial charge in [0.15, 0.2) is 0 Å². The molecule has 0 saturated heterocycles. The van der Waals surface area contributed by atoms with Gasteiger partial charge < -0.3 is 11.1 Å². The van der Waals surface area contributed by atoms with Crippen molar-refractivity contribution < 1.29 is 4.79 Å². The number of rotatable bonds is 4. The van der Waals surface area contributed by atoms with Gasteiger partial charge in [-0.25, -0.2) is 0 Å². The van der Waals surface area contributed by atoms with E-state index in [9.17, 15) is 4.79 Å². The zero-order valence-electron chi connectivity index (χ0n) is 9.41. The first kappa shape index (κ1) is 11.1. The maximum Gasteiger partial charge on any atom is 0.230 e. The largest absolute Gasteiger partial charge is 0.354 e. The van der Waals surface area contributed by atoms with Gasteiger partial charge in [-0.05, 0) is 18.4 Å². The Morgan fingerprint density at radius 3 is 2.50 bits per heavy atom. The van der Waals surface area contributed by atoms with Crippen LogP contribution in [-0.2, 0) is 10.2 Å². The van der Waals surface area contributed by atoms with Gasteiger partial charge in [0, 0.05) is 13.1 Å². The molecule has 1 aliphatic carbocycles. The second-order valence-electron chi connectivity index (χ2n) is 4.35. The van der Waals surface area contributed by atoms with Crippen LogP contribution in [-0.4, -0.2) is 19.0 Å². The number of amides is 1. The van der Waals surface area contributed by atoms with Gasteiger partial charge in [0.1, 0.15) is 0 Å². The van der Waals surface area contributed by atoms with Crippen LogP contribution in [0.2, 0.25) is 0 Å². The summed E-state index contributed by atoms with van der Waals surface area (Å²) in [6.07, 6.45) is 3.03. The second kappa shape index (κ2) is 4.66. The first-order valence-electron chi connectivity index (χ1n) is 5.83. The smallest absolute Gasteiger partial charge is 0.230 e. The summed E-state index contributed by atoms with van der Waals surface area (Å²) >= 11 is 0. The molecule has 0 aromatic heterocycles. The number of nitrogens with one attached hydrogen (secondary N) is 1. The molecule has 1 aromatic rings. The summed E-state index contributed by atoms with van der Waals surface area (Å²) in [7, 11) is 0. The number of nitrogens with two attached hydrogens (primary N) is 1. The molecule has 0 unspecified atom stereocenters. The molecule has 86 valence electrons. The van der Waals surface area contributed by atoms with Crippen LogP contribution in [0, 0.1) is 0 Å². The van der Waals surface area contributed by atoms with E-state index in [0.717, 1.165) is 24.8 Å². The summed E-state index contributed by atoms with van der Waals surface area (Å²) in [5.74, 6) is 0.135. The number of carbonyl (C=O) groups is 1. The zero-order chi connectivity index (χ0) is 11.4. The highest BCUT2D eigenvalue weighted by atomic mass is 16.2. The summed E-state index contributed by atoms with van der Waals surface area (Å²) < 4.78 is 0. The summed E-state index contributed by atoms with van der Waals surface area (Å²) in [5, 5.41) is 2.91. The van der Waals surface area contributed by atoms with Crippen molar-refractivity contribution in [2.45, 2.75) is 24.7 Å². The normalized spacial score (nSPS) is 17.6. The molecule has 16 heavy (non-hydrogen) atoms. The third-order valence-corrected chi connectivity index (χ3v) is 3.40. The number of hydrogen-bond acceptors (Lipinski definition) is 2. The average molecular weight is 218 g/mol.